The summed E-state index contributed by atoms with van der Waals surface area (Å²) >= 11 is 2.01. The van der Waals surface area contributed by atoms with Crippen LogP contribution in [-0.2, 0) is 4.74 Å². The molecule has 0 rings (SSSR count). The standard InChI is InChI=1S/C11H25NOS/c1-11(2,3)10(12-4)9-14-8-6-7-13-5/h10,12H,6-9H2,1-5H3. The van der Waals surface area contributed by atoms with Crippen LogP contribution in [0, 0.1) is 5.41 Å². The van der Waals surface area contributed by atoms with Crippen molar-refractivity contribution < 1.29 is 4.74 Å². The summed E-state index contributed by atoms with van der Waals surface area (Å²) in [5.74, 6) is 2.38. The highest BCUT2D eigenvalue weighted by atomic mass is 32.2. The first kappa shape index (κ1) is 14.3. The van der Waals surface area contributed by atoms with Crippen molar-refractivity contribution in [3.63, 3.8) is 0 Å². The Morgan fingerprint density at radius 3 is 2.43 bits per heavy atom. The molecule has 0 aromatic heterocycles. The van der Waals surface area contributed by atoms with Gasteiger partial charge in [0.25, 0.3) is 0 Å². The van der Waals surface area contributed by atoms with Gasteiger partial charge in [0.1, 0.15) is 0 Å². The van der Waals surface area contributed by atoms with Crippen LogP contribution in [0.1, 0.15) is 27.2 Å². The number of hydrogen-bond acceptors (Lipinski definition) is 3. The zero-order chi connectivity index (χ0) is 11.0. The zero-order valence-corrected chi connectivity index (χ0v) is 11.0. The van der Waals surface area contributed by atoms with Gasteiger partial charge in [-0.3, -0.25) is 0 Å². The lowest BCUT2D eigenvalue weighted by molar-refractivity contribution is 0.200. The third kappa shape index (κ3) is 6.68. The molecule has 1 atom stereocenters. The molecule has 0 aliphatic carbocycles. The second-order valence-electron chi connectivity index (χ2n) is 4.63. The fraction of sp³-hybridized carbons (Fsp3) is 1.00. The molecule has 3 heteroatoms. The van der Waals surface area contributed by atoms with Gasteiger partial charge >= 0.3 is 0 Å². The first-order valence-corrected chi connectivity index (χ1v) is 6.41. The molecular weight excluding hydrogens is 194 g/mol. The molecule has 0 bridgehead atoms. The number of ether oxygens (including phenoxy) is 1. The highest BCUT2D eigenvalue weighted by Crippen LogP contribution is 2.22. The molecule has 0 heterocycles. The minimum atomic E-state index is 0.350. The van der Waals surface area contributed by atoms with Crippen LogP contribution in [0.4, 0.5) is 0 Å². The van der Waals surface area contributed by atoms with Crippen molar-refractivity contribution in [3.8, 4) is 0 Å². The second-order valence-corrected chi connectivity index (χ2v) is 5.78. The molecule has 2 nitrogen and oxygen atoms in total. The van der Waals surface area contributed by atoms with E-state index in [4.69, 9.17) is 4.74 Å². The maximum Gasteiger partial charge on any atom is 0.0470 e. The first-order chi connectivity index (χ1) is 6.52. The zero-order valence-electron chi connectivity index (χ0n) is 10.2. The Kier molecular flexibility index (Phi) is 7.69. The number of thioether (sulfide) groups is 1. The molecule has 0 aromatic carbocycles. The lowest BCUT2D eigenvalue weighted by atomic mass is 9.88. The van der Waals surface area contributed by atoms with Crippen molar-refractivity contribution in [2.24, 2.45) is 5.41 Å². The second kappa shape index (κ2) is 7.55. The molecule has 0 amide bonds. The Bertz CT molecular complexity index is 134. The summed E-state index contributed by atoms with van der Waals surface area (Å²) in [5.41, 5.74) is 0.350. The average Bonchev–Trinajstić information content (AvgIpc) is 2.09. The van der Waals surface area contributed by atoms with E-state index in [-0.39, 0.29) is 0 Å². The molecule has 0 spiro atoms. The van der Waals surface area contributed by atoms with Crippen molar-refractivity contribution in [2.45, 2.75) is 33.2 Å². The Balaban J connectivity index is 3.54. The van der Waals surface area contributed by atoms with Crippen LogP contribution in [-0.4, -0.2) is 38.3 Å². The maximum absolute atomic E-state index is 5.01. The molecule has 0 aliphatic heterocycles. The normalized spacial score (nSPS) is 14.4. The number of nitrogens with one attached hydrogen (secondary N) is 1. The average molecular weight is 219 g/mol. The minimum Gasteiger partial charge on any atom is -0.385 e. The summed E-state index contributed by atoms with van der Waals surface area (Å²) < 4.78 is 5.01. The predicted octanol–water partition coefficient (Wildman–Crippen LogP) is 2.39. The van der Waals surface area contributed by atoms with Gasteiger partial charge in [0, 0.05) is 25.5 Å². The molecule has 86 valence electrons. The highest BCUT2D eigenvalue weighted by molar-refractivity contribution is 7.99. The Morgan fingerprint density at radius 2 is 2.00 bits per heavy atom. The summed E-state index contributed by atoms with van der Waals surface area (Å²) in [7, 11) is 3.81. The van der Waals surface area contributed by atoms with Crippen LogP contribution in [0.2, 0.25) is 0 Å². The van der Waals surface area contributed by atoms with Gasteiger partial charge in [-0.1, -0.05) is 20.8 Å². The lowest BCUT2D eigenvalue weighted by Gasteiger charge is -2.30. The summed E-state index contributed by atoms with van der Waals surface area (Å²) in [5, 5.41) is 3.38. The van der Waals surface area contributed by atoms with Crippen molar-refractivity contribution >= 4 is 11.8 Å². The van der Waals surface area contributed by atoms with E-state index in [9.17, 15) is 0 Å². The molecule has 0 saturated carbocycles. The van der Waals surface area contributed by atoms with E-state index < -0.39 is 0 Å². The molecule has 0 radical (unpaired) electrons. The van der Waals surface area contributed by atoms with Gasteiger partial charge < -0.3 is 10.1 Å². The van der Waals surface area contributed by atoms with Crippen molar-refractivity contribution in [1.29, 1.82) is 0 Å². The summed E-state index contributed by atoms with van der Waals surface area (Å²) in [6.07, 6.45) is 1.15. The van der Waals surface area contributed by atoms with E-state index in [0.29, 0.717) is 11.5 Å². The number of rotatable bonds is 7. The van der Waals surface area contributed by atoms with Crippen LogP contribution < -0.4 is 5.32 Å². The quantitative estimate of drug-likeness (QED) is 0.664. The first-order valence-electron chi connectivity index (χ1n) is 5.26. The Hall–Kier alpha value is 0.270. The van der Waals surface area contributed by atoms with Crippen LogP contribution >= 0.6 is 11.8 Å². The fourth-order valence-corrected chi connectivity index (χ4v) is 2.66. The Morgan fingerprint density at radius 1 is 1.36 bits per heavy atom. The lowest BCUT2D eigenvalue weighted by Crippen LogP contribution is -2.40. The highest BCUT2D eigenvalue weighted by Gasteiger charge is 2.22. The van der Waals surface area contributed by atoms with E-state index in [0.717, 1.165) is 13.0 Å². The molecular formula is C11H25NOS. The van der Waals surface area contributed by atoms with Crippen LogP contribution in [0.25, 0.3) is 0 Å². The van der Waals surface area contributed by atoms with E-state index in [1.807, 2.05) is 18.8 Å². The van der Waals surface area contributed by atoms with E-state index in [2.05, 4.69) is 26.1 Å². The summed E-state index contributed by atoms with van der Waals surface area (Å²) in [6.45, 7) is 7.73. The summed E-state index contributed by atoms with van der Waals surface area (Å²) in [4.78, 5) is 0. The van der Waals surface area contributed by atoms with Gasteiger partial charge in [-0.2, -0.15) is 11.8 Å². The third-order valence-electron chi connectivity index (χ3n) is 2.32. The molecule has 14 heavy (non-hydrogen) atoms. The molecule has 0 saturated heterocycles. The maximum atomic E-state index is 5.01. The summed E-state index contributed by atoms with van der Waals surface area (Å²) in [6, 6.07) is 0.593. The van der Waals surface area contributed by atoms with Crippen molar-refractivity contribution in [2.75, 3.05) is 32.3 Å². The largest absolute Gasteiger partial charge is 0.385 e. The predicted molar refractivity (Wildman–Crippen MR) is 66.1 cm³/mol. The third-order valence-corrected chi connectivity index (χ3v) is 3.46. The van der Waals surface area contributed by atoms with Gasteiger partial charge in [0.2, 0.25) is 0 Å². The molecule has 0 aliphatic rings. The molecule has 0 fully saturated rings. The van der Waals surface area contributed by atoms with Crippen molar-refractivity contribution in [1.82, 2.24) is 5.32 Å². The van der Waals surface area contributed by atoms with E-state index in [1.165, 1.54) is 11.5 Å². The van der Waals surface area contributed by atoms with Crippen LogP contribution in [0.5, 0.6) is 0 Å². The van der Waals surface area contributed by atoms with Gasteiger partial charge in [-0.25, -0.2) is 0 Å². The van der Waals surface area contributed by atoms with E-state index in [1.54, 1.807) is 7.11 Å². The Labute approximate surface area is 93.2 Å². The van der Waals surface area contributed by atoms with Gasteiger partial charge in [0.15, 0.2) is 0 Å². The SMILES string of the molecule is CNC(CSCCCOC)C(C)(C)C. The van der Waals surface area contributed by atoms with Crippen LogP contribution in [0.15, 0.2) is 0 Å². The topological polar surface area (TPSA) is 21.3 Å². The fourth-order valence-electron chi connectivity index (χ4n) is 1.27. The monoisotopic (exact) mass is 219 g/mol. The molecule has 1 unspecified atom stereocenters. The van der Waals surface area contributed by atoms with E-state index >= 15 is 0 Å². The molecule has 1 N–H and O–H groups in total. The van der Waals surface area contributed by atoms with Crippen LogP contribution in [0.3, 0.4) is 0 Å². The molecule has 0 aromatic rings. The number of hydrogen-bond donors (Lipinski definition) is 1. The number of methoxy groups -OCH3 is 1. The smallest absolute Gasteiger partial charge is 0.0470 e. The van der Waals surface area contributed by atoms with Gasteiger partial charge in [0.05, 0.1) is 0 Å². The van der Waals surface area contributed by atoms with Gasteiger partial charge in [-0.05, 0) is 24.6 Å². The van der Waals surface area contributed by atoms with Crippen molar-refractivity contribution in [3.05, 3.63) is 0 Å². The minimum absolute atomic E-state index is 0.350. The van der Waals surface area contributed by atoms with Gasteiger partial charge in [-0.15, -0.1) is 0 Å².